The van der Waals surface area contributed by atoms with E-state index in [1.807, 2.05) is 19.9 Å². The first-order valence-corrected chi connectivity index (χ1v) is 8.34. The van der Waals surface area contributed by atoms with Crippen LogP contribution in [0.1, 0.15) is 37.3 Å². The van der Waals surface area contributed by atoms with Crippen LogP contribution in [-0.4, -0.2) is 25.9 Å². The molecule has 1 aromatic rings. The number of hydrogen-bond acceptors (Lipinski definition) is 3. The molecule has 0 heterocycles. The van der Waals surface area contributed by atoms with Gasteiger partial charge in [-0.2, -0.15) is 0 Å². The number of rotatable bonds is 6. The molecule has 0 saturated carbocycles. The fraction of sp³-hybridized carbons (Fsp3) is 0.467. The molecule has 0 amide bonds. The molecule has 0 bridgehead atoms. The predicted molar refractivity (Wildman–Crippen MR) is 82.1 cm³/mol. The van der Waals surface area contributed by atoms with Gasteiger partial charge in [0.15, 0.2) is 0 Å². The molecule has 20 heavy (non-hydrogen) atoms. The highest BCUT2D eigenvalue weighted by atomic mass is 32.2. The maximum Gasteiger partial charge on any atom is 0.232 e. The zero-order chi connectivity index (χ0) is 15.0. The van der Waals surface area contributed by atoms with Gasteiger partial charge in [0, 0.05) is 12.0 Å². The third-order valence-electron chi connectivity index (χ3n) is 2.73. The van der Waals surface area contributed by atoms with Crippen molar-refractivity contribution in [2.45, 2.75) is 33.1 Å². The average Bonchev–Trinajstić information content (AvgIpc) is 2.40. The molecule has 4 nitrogen and oxygen atoms in total. The molecule has 0 aliphatic heterocycles. The summed E-state index contributed by atoms with van der Waals surface area (Å²) >= 11 is 0. The van der Waals surface area contributed by atoms with Gasteiger partial charge in [-0.3, -0.25) is 4.72 Å². The highest BCUT2D eigenvalue weighted by Crippen LogP contribution is 2.18. The number of aryl methyl sites for hydroxylation is 1. The van der Waals surface area contributed by atoms with E-state index < -0.39 is 10.0 Å². The molecule has 0 unspecified atom stereocenters. The van der Waals surface area contributed by atoms with Crippen LogP contribution in [0.25, 0.3) is 0 Å². The Labute approximate surface area is 121 Å². The molecule has 0 saturated heterocycles. The van der Waals surface area contributed by atoms with Crippen LogP contribution in [0.4, 0.5) is 5.69 Å². The molecule has 0 fully saturated rings. The van der Waals surface area contributed by atoms with Crippen LogP contribution in [0.5, 0.6) is 0 Å². The van der Waals surface area contributed by atoms with Crippen LogP contribution in [-0.2, 0) is 10.0 Å². The number of unbranched alkanes of at least 4 members (excludes halogenated alkanes) is 1. The number of aliphatic hydroxyl groups is 1. The van der Waals surface area contributed by atoms with E-state index in [0.29, 0.717) is 18.5 Å². The number of anilines is 1. The van der Waals surface area contributed by atoms with Gasteiger partial charge in [-0.05, 0) is 37.1 Å². The Morgan fingerprint density at radius 3 is 2.70 bits per heavy atom. The number of nitrogens with one attached hydrogen (secondary N) is 1. The molecule has 1 aromatic carbocycles. The van der Waals surface area contributed by atoms with Crippen molar-refractivity contribution in [1.29, 1.82) is 0 Å². The summed E-state index contributed by atoms with van der Waals surface area (Å²) in [5.74, 6) is 5.90. The van der Waals surface area contributed by atoms with E-state index in [-0.39, 0.29) is 12.4 Å². The van der Waals surface area contributed by atoms with E-state index in [1.54, 1.807) is 12.1 Å². The minimum Gasteiger partial charge on any atom is -0.395 e. The van der Waals surface area contributed by atoms with Crippen LogP contribution in [0.2, 0.25) is 0 Å². The van der Waals surface area contributed by atoms with Crippen LogP contribution in [0.3, 0.4) is 0 Å². The minimum atomic E-state index is -3.27. The molecule has 0 radical (unpaired) electrons. The number of benzene rings is 1. The summed E-state index contributed by atoms with van der Waals surface area (Å²) in [5, 5.41) is 8.66. The van der Waals surface area contributed by atoms with Gasteiger partial charge >= 0.3 is 0 Å². The molecule has 5 heteroatoms. The smallest absolute Gasteiger partial charge is 0.232 e. The summed E-state index contributed by atoms with van der Waals surface area (Å²) in [6.07, 6.45) is 1.93. The molecular formula is C15H21NO3S. The van der Waals surface area contributed by atoms with Crippen molar-refractivity contribution in [3.63, 3.8) is 0 Å². The van der Waals surface area contributed by atoms with Crippen molar-refractivity contribution in [2.75, 3.05) is 17.1 Å². The number of sulfonamides is 1. The molecule has 0 aliphatic rings. The van der Waals surface area contributed by atoms with Crippen molar-refractivity contribution in [3.05, 3.63) is 29.3 Å². The lowest BCUT2D eigenvalue weighted by Gasteiger charge is -2.10. The first kappa shape index (κ1) is 16.5. The third-order valence-corrected chi connectivity index (χ3v) is 4.09. The Morgan fingerprint density at radius 2 is 2.10 bits per heavy atom. The van der Waals surface area contributed by atoms with Crippen molar-refractivity contribution >= 4 is 15.7 Å². The highest BCUT2D eigenvalue weighted by Gasteiger charge is 2.10. The number of hydrogen-bond donors (Lipinski definition) is 2. The lowest BCUT2D eigenvalue weighted by Crippen LogP contribution is -2.17. The van der Waals surface area contributed by atoms with E-state index in [9.17, 15) is 8.42 Å². The van der Waals surface area contributed by atoms with Gasteiger partial charge < -0.3 is 5.11 Å². The van der Waals surface area contributed by atoms with Gasteiger partial charge in [-0.25, -0.2) is 8.42 Å². The van der Waals surface area contributed by atoms with Gasteiger partial charge in [0.25, 0.3) is 0 Å². The molecule has 0 atom stereocenters. The van der Waals surface area contributed by atoms with Crippen molar-refractivity contribution in [3.8, 4) is 11.8 Å². The summed E-state index contributed by atoms with van der Waals surface area (Å²) < 4.78 is 26.3. The fourth-order valence-corrected chi connectivity index (χ4v) is 2.96. The summed E-state index contributed by atoms with van der Waals surface area (Å²) in [6, 6.07) is 5.33. The van der Waals surface area contributed by atoms with Crippen LogP contribution in [0, 0.1) is 18.8 Å². The topological polar surface area (TPSA) is 66.4 Å². The first-order chi connectivity index (χ1) is 9.48. The lowest BCUT2D eigenvalue weighted by atomic mass is 10.1. The Morgan fingerprint density at radius 1 is 1.35 bits per heavy atom. The summed E-state index contributed by atoms with van der Waals surface area (Å²) in [4.78, 5) is 0. The quantitative estimate of drug-likeness (QED) is 0.791. The molecule has 1 rings (SSSR count). The van der Waals surface area contributed by atoms with E-state index >= 15 is 0 Å². The Bertz CT molecular complexity index is 597. The second kappa shape index (κ2) is 7.93. The standard InChI is InChI=1S/C15H21NO3S/c1-3-4-11-20(18,19)16-15-9-8-14(12-13(15)2)7-5-6-10-17/h8-9,12,16-17H,3-4,6,10-11H2,1-2H3. The summed E-state index contributed by atoms with van der Waals surface area (Å²) in [5.41, 5.74) is 2.24. The largest absolute Gasteiger partial charge is 0.395 e. The van der Waals surface area contributed by atoms with Crippen molar-refractivity contribution < 1.29 is 13.5 Å². The molecule has 0 aliphatic carbocycles. The molecule has 2 N–H and O–H groups in total. The lowest BCUT2D eigenvalue weighted by molar-refractivity contribution is 0.305. The van der Waals surface area contributed by atoms with E-state index in [2.05, 4.69) is 16.6 Å². The van der Waals surface area contributed by atoms with Gasteiger partial charge in [-0.15, -0.1) is 0 Å². The fourth-order valence-electron chi connectivity index (χ4n) is 1.63. The SMILES string of the molecule is CCCCS(=O)(=O)Nc1ccc(C#CCCO)cc1C. The Hall–Kier alpha value is -1.51. The zero-order valence-electron chi connectivity index (χ0n) is 11.9. The second-order valence-electron chi connectivity index (χ2n) is 4.58. The van der Waals surface area contributed by atoms with Gasteiger partial charge in [-0.1, -0.05) is 25.2 Å². The van der Waals surface area contributed by atoms with Crippen molar-refractivity contribution in [1.82, 2.24) is 0 Å². The van der Waals surface area contributed by atoms with Gasteiger partial charge in [0.05, 0.1) is 18.0 Å². The second-order valence-corrected chi connectivity index (χ2v) is 6.42. The van der Waals surface area contributed by atoms with Crippen LogP contribution in [0.15, 0.2) is 18.2 Å². The van der Waals surface area contributed by atoms with Gasteiger partial charge in [0.2, 0.25) is 10.0 Å². The predicted octanol–water partition coefficient (Wildman–Crippen LogP) is 2.27. The maximum absolute atomic E-state index is 11.8. The zero-order valence-corrected chi connectivity index (χ0v) is 12.8. The maximum atomic E-state index is 11.8. The van der Waals surface area contributed by atoms with Crippen LogP contribution >= 0.6 is 0 Å². The van der Waals surface area contributed by atoms with Gasteiger partial charge in [0.1, 0.15) is 0 Å². The molecular weight excluding hydrogens is 274 g/mol. The Balaban J connectivity index is 2.81. The molecule has 110 valence electrons. The normalized spacial score (nSPS) is 10.8. The summed E-state index contributed by atoms with van der Waals surface area (Å²) in [7, 11) is -3.27. The molecule has 0 aromatic heterocycles. The minimum absolute atomic E-state index is 0.0429. The summed E-state index contributed by atoms with van der Waals surface area (Å²) in [6.45, 7) is 3.84. The number of aliphatic hydroxyl groups excluding tert-OH is 1. The van der Waals surface area contributed by atoms with E-state index in [1.165, 1.54) is 0 Å². The first-order valence-electron chi connectivity index (χ1n) is 6.69. The van der Waals surface area contributed by atoms with E-state index in [4.69, 9.17) is 5.11 Å². The van der Waals surface area contributed by atoms with E-state index in [0.717, 1.165) is 17.5 Å². The average molecular weight is 295 g/mol. The third kappa shape index (κ3) is 5.64. The monoisotopic (exact) mass is 295 g/mol. The van der Waals surface area contributed by atoms with Crippen LogP contribution < -0.4 is 4.72 Å². The molecule has 0 spiro atoms. The Kier molecular flexibility index (Phi) is 6.56. The highest BCUT2D eigenvalue weighted by molar-refractivity contribution is 7.92. The van der Waals surface area contributed by atoms with Crippen molar-refractivity contribution in [2.24, 2.45) is 0 Å².